The van der Waals surface area contributed by atoms with Gasteiger partial charge in [0, 0.05) is 23.8 Å². The lowest BCUT2D eigenvalue weighted by molar-refractivity contribution is 0.0946. The molecule has 0 aliphatic rings. The Balaban J connectivity index is 1.93. The largest absolute Gasteiger partial charge is 0.361 e. The van der Waals surface area contributed by atoms with E-state index in [4.69, 9.17) is 0 Å². The molecule has 1 atom stereocenters. The van der Waals surface area contributed by atoms with E-state index in [9.17, 15) is 4.79 Å². The van der Waals surface area contributed by atoms with Crippen molar-refractivity contribution in [2.45, 2.75) is 39.5 Å². The lowest BCUT2D eigenvalue weighted by Gasteiger charge is -2.15. The van der Waals surface area contributed by atoms with E-state index < -0.39 is 0 Å². The van der Waals surface area contributed by atoms with Crippen LogP contribution in [0.4, 0.5) is 0 Å². The summed E-state index contributed by atoms with van der Waals surface area (Å²) < 4.78 is 0. The fourth-order valence-electron chi connectivity index (χ4n) is 2.47. The van der Waals surface area contributed by atoms with Gasteiger partial charge in [-0.2, -0.15) is 0 Å². The average Bonchev–Trinajstić information content (AvgIpc) is 2.94. The Bertz CT molecular complexity index is 559. The second kappa shape index (κ2) is 7.13. The number of aromatic amines is 1. The summed E-state index contributed by atoms with van der Waals surface area (Å²) in [5.74, 6) is 0.615. The van der Waals surface area contributed by atoms with Gasteiger partial charge < -0.3 is 10.3 Å². The number of fused-ring (bicyclic) bond motifs is 1. The zero-order chi connectivity index (χ0) is 14.4. The van der Waals surface area contributed by atoms with Crippen LogP contribution in [0.1, 0.15) is 49.9 Å². The number of aromatic nitrogens is 1. The van der Waals surface area contributed by atoms with Gasteiger partial charge in [0.1, 0.15) is 0 Å². The molecule has 1 aromatic carbocycles. The van der Waals surface area contributed by atoms with Crippen molar-refractivity contribution in [2.24, 2.45) is 5.92 Å². The van der Waals surface area contributed by atoms with Gasteiger partial charge in [-0.05, 0) is 35.9 Å². The molecule has 1 aromatic heterocycles. The number of benzene rings is 1. The van der Waals surface area contributed by atoms with Crippen LogP contribution < -0.4 is 5.32 Å². The molecule has 2 N–H and O–H groups in total. The Kier molecular flexibility index (Phi) is 5.22. The van der Waals surface area contributed by atoms with E-state index in [2.05, 4.69) is 24.1 Å². The zero-order valence-corrected chi connectivity index (χ0v) is 12.4. The Morgan fingerprint density at radius 2 is 2.15 bits per heavy atom. The molecule has 0 unspecified atom stereocenters. The molecule has 0 fully saturated rings. The molecule has 0 aliphatic carbocycles. The molecule has 0 radical (unpaired) electrons. The number of nitrogens with one attached hydrogen (secondary N) is 2. The normalized spacial score (nSPS) is 12.5. The van der Waals surface area contributed by atoms with Crippen LogP contribution in [-0.4, -0.2) is 17.4 Å². The van der Waals surface area contributed by atoms with Crippen LogP contribution in [0.3, 0.4) is 0 Å². The highest BCUT2D eigenvalue weighted by molar-refractivity contribution is 5.97. The first kappa shape index (κ1) is 14.6. The van der Waals surface area contributed by atoms with E-state index in [1.54, 1.807) is 0 Å². The quantitative estimate of drug-likeness (QED) is 0.782. The van der Waals surface area contributed by atoms with E-state index in [-0.39, 0.29) is 5.91 Å². The van der Waals surface area contributed by atoms with Crippen molar-refractivity contribution in [1.82, 2.24) is 10.3 Å². The molecule has 1 amide bonds. The Hall–Kier alpha value is -1.77. The van der Waals surface area contributed by atoms with E-state index >= 15 is 0 Å². The van der Waals surface area contributed by atoms with Crippen molar-refractivity contribution in [1.29, 1.82) is 0 Å². The van der Waals surface area contributed by atoms with Crippen molar-refractivity contribution < 1.29 is 4.79 Å². The van der Waals surface area contributed by atoms with Crippen molar-refractivity contribution in [2.75, 3.05) is 6.54 Å². The summed E-state index contributed by atoms with van der Waals surface area (Å²) in [6.07, 6.45) is 6.67. The van der Waals surface area contributed by atoms with Crippen molar-refractivity contribution in [3.05, 3.63) is 36.0 Å². The molecular formula is C17H24N2O. The lowest BCUT2D eigenvalue weighted by Crippen LogP contribution is -2.29. The minimum Gasteiger partial charge on any atom is -0.361 e. The summed E-state index contributed by atoms with van der Waals surface area (Å²) in [6, 6.07) is 7.79. The fourth-order valence-corrected chi connectivity index (χ4v) is 2.47. The Labute approximate surface area is 120 Å². The predicted octanol–water partition coefficient (Wildman–Crippen LogP) is 4.11. The summed E-state index contributed by atoms with van der Waals surface area (Å²) in [6.45, 7) is 5.17. The third-order valence-corrected chi connectivity index (χ3v) is 3.91. The van der Waals surface area contributed by atoms with Crippen LogP contribution in [0.15, 0.2) is 30.5 Å². The lowest BCUT2D eigenvalue weighted by atomic mass is 9.99. The first-order valence-electron chi connectivity index (χ1n) is 7.60. The summed E-state index contributed by atoms with van der Waals surface area (Å²) in [7, 11) is 0. The van der Waals surface area contributed by atoms with Gasteiger partial charge in [-0.3, -0.25) is 4.79 Å². The third-order valence-electron chi connectivity index (χ3n) is 3.91. The first-order valence-corrected chi connectivity index (χ1v) is 7.60. The summed E-state index contributed by atoms with van der Waals surface area (Å²) in [4.78, 5) is 15.3. The molecule has 0 saturated carbocycles. The van der Waals surface area contributed by atoms with Crippen molar-refractivity contribution in [3.8, 4) is 0 Å². The number of amides is 1. The van der Waals surface area contributed by atoms with Gasteiger partial charge in [-0.1, -0.05) is 39.2 Å². The SMILES string of the molecule is CCCC[C@@H](CC)CNC(=O)c1ccc2cc[nH]c2c1. The monoisotopic (exact) mass is 272 g/mol. The first-order chi connectivity index (χ1) is 9.74. The fraction of sp³-hybridized carbons (Fsp3) is 0.471. The minimum atomic E-state index is 0.0245. The molecular weight excluding hydrogens is 248 g/mol. The number of carbonyl (C=O) groups excluding carboxylic acids is 1. The van der Waals surface area contributed by atoms with Gasteiger partial charge in [-0.15, -0.1) is 0 Å². The average molecular weight is 272 g/mol. The van der Waals surface area contributed by atoms with Gasteiger partial charge in [0.2, 0.25) is 0 Å². The molecule has 0 spiro atoms. The van der Waals surface area contributed by atoms with Gasteiger partial charge >= 0.3 is 0 Å². The number of unbranched alkanes of at least 4 members (excludes halogenated alkanes) is 1. The second-order valence-corrected chi connectivity index (χ2v) is 5.41. The highest BCUT2D eigenvalue weighted by Crippen LogP contribution is 2.15. The number of hydrogen-bond acceptors (Lipinski definition) is 1. The molecule has 2 aromatic rings. The van der Waals surface area contributed by atoms with E-state index in [1.807, 2.05) is 30.5 Å². The van der Waals surface area contributed by atoms with E-state index in [1.165, 1.54) is 19.3 Å². The van der Waals surface area contributed by atoms with Crippen LogP contribution >= 0.6 is 0 Å². The second-order valence-electron chi connectivity index (χ2n) is 5.41. The van der Waals surface area contributed by atoms with Gasteiger partial charge in [0.05, 0.1) is 0 Å². The van der Waals surface area contributed by atoms with Crippen LogP contribution in [0.2, 0.25) is 0 Å². The highest BCUT2D eigenvalue weighted by Gasteiger charge is 2.10. The molecule has 1 heterocycles. The Morgan fingerprint density at radius 1 is 1.30 bits per heavy atom. The summed E-state index contributed by atoms with van der Waals surface area (Å²) >= 11 is 0. The van der Waals surface area contributed by atoms with Crippen molar-refractivity contribution >= 4 is 16.8 Å². The molecule has 3 nitrogen and oxygen atoms in total. The maximum atomic E-state index is 12.2. The van der Waals surface area contributed by atoms with Gasteiger partial charge in [0.25, 0.3) is 5.91 Å². The number of H-pyrrole nitrogens is 1. The highest BCUT2D eigenvalue weighted by atomic mass is 16.1. The zero-order valence-electron chi connectivity index (χ0n) is 12.4. The smallest absolute Gasteiger partial charge is 0.251 e. The summed E-state index contributed by atoms with van der Waals surface area (Å²) in [5.41, 5.74) is 1.74. The number of carbonyl (C=O) groups is 1. The Morgan fingerprint density at radius 3 is 2.90 bits per heavy atom. The number of rotatable bonds is 7. The minimum absolute atomic E-state index is 0.0245. The molecule has 2 rings (SSSR count). The maximum Gasteiger partial charge on any atom is 0.251 e. The van der Waals surface area contributed by atoms with Crippen LogP contribution in [0.5, 0.6) is 0 Å². The predicted molar refractivity (Wildman–Crippen MR) is 83.9 cm³/mol. The van der Waals surface area contributed by atoms with E-state index in [0.717, 1.165) is 29.4 Å². The van der Waals surface area contributed by atoms with E-state index in [0.29, 0.717) is 5.92 Å². The molecule has 0 aliphatic heterocycles. The number of hydrogen-bond donors (Lipinski definition) is 2. The molecule has 108 valence electrons. The molecule has 0 bridgehead atoms. The standard InChI is InChI=1S/C17H24N2O/c1-3-5-6-13(4-2)12-19-17(20)15-8-7-14-9-10-18-16(14)11-15/h7-11,13,18H,3-6,12H2,1-2H3,(H,19,20)/t13-/m1/s1. The molecule has 20 heavy (non-hydrogen) atoms. The van der Waals surface area contributed by atoms with Crippen molar-refractivity contribution in [3.63, 3.8) is 0 Å². The maximum absolute atomic E-state index is 12.2. The third kappa shape index (κ3) is 3.62. The van der Waals surface area contributed by atoms with Crippen LogP contribution in [0, 0.1) is 5.92 Å². The molecule has 3 heteroatoms. The van der Waals surface area contributed by atoms with Crippen LogP contribution in [0.25, 0.3) is 10.9 Å². The van der Waals surface area contributed by atoms with Crippen LogP contribution in [-0.2, 0) is 0 Å². The topological polar surface area (TPSA) is 44.9 Å². The molecule has 0 saturated heterocycles. The summed E-state index contributed by atoms with van der Waals surface area (Å²) in [5, 5.41) is 4.20. The van der Waals surface area contributed by atoms with Gasteiger partial charge in [0.15, 0.2) is 0 Å². The van der Waals surface area contributed by atoms with Gasteiger partial charge in [-0.25, -0.2) is 0 Å².